The summed E-state index contributed by atoms with van der Waals surface area (Å²) >= 11 is 5.92. The Morgan fingerprint density at radius 2 is 2.17 bits per heavy atom. The zero-order chi connectivity index (χ0) is 21.6. The smallest absolute Gasteiger partial charge is 0.254 e. The second-order valence-corrected chi connectivity index (χ2v) is 9.04. The van der Waals surface area contributed by atoms with Gasteiger partial charge in [0, 0.05) is 30.1 Å². The number of benzene rings is 1. The molecule has 9 heteroatoms. The van der Waals surface area contributed by atoms with E-state index in [0.29, 0.717) is 42.7 Å². The van der Waals surface area contributed by atoms with Crippen molar-refractivity contribution >= 4 is 23.4 Å². The summed E-state index contributed by atoms with van der Waals surface area (Å²) in [5.74, 6) is -0.0595. The Morgan fingerprint density at radius 1 is 1.40 bits per heavy atom. The molecule has 7 nitrogen and oxygen atoms in total. The molecule has 160 valence electrons. The number of amides is 2. The molecule has 0 radical (unpaired) electrons. The number of nitrogens with zero attached hydrogens (tertiary/aromatic N) is 3. The van der Waals surface area contributed by atoms with Crippen molar-refractivity contribution in [1.82, 2.24) is 20.4 Å². The fraction of sp³-hybridized carbons (Fsp3) is 0.524. The molecule has 1 saturated carbocycles. The van der Waals surface area contributed by atoms with Crippen molar-refractivity contribution in [2.45, 2.75) is 45.1 Å². The van der Waals surface area contributed by atoms with Gasteiger partial charge in [-0.15, -0.1) is 0 Å². The first-order valence-electron chi connectivity index (χ1n) is 10.0. The predicted octanol–water partition coefficient (Wildman–Crippen LogP) is 3.12. The van der Waals surface area contributed by atoms with Crippen molar-refractivity contribution in [3.05, 3.63) is 46.3 Å². The van der Waals surface area contributed by atoms with E-state index in [9.17, 15) is 14.0 Å². The molecule has 2 aromatic rings. The fourth-order valence-electron chi connectivity index (χ4n) is 4.78. The van der Waals surface area contributed by atoms with Crippen LogP contribution in [-0.4, -0.2) is 46.0 Å². The number of hydrogen-bond acceptors (Lipinski definition) is 5. The number of likely N-dealkylation sites (tertiary alicyclic amines) is 1. The molecule has 1 saturated heterocycles. The summed E-state index contributed by atoms with van der Waals surface area (Å²) in [6.45, 7) is 6.54. The van der Waals surface area contributed by atoms with Crippen molar-refractivity contribution in [3.63, 3.8) is 0 Å². The molecule has 0 bridgehead atoms. The molecule has 2 amide bonds. The summed E-state index contributed by atoms with van der Waals surface area (Å²) in [6, 6.07) is 3.70. The van der Waals surface area contributed by atoms with Gasteiger partial charge in [-0.2, -0.15) is 4.98 Å². The van der Waals surface area contributed by atoms with E-state index < -0.39 is 17.1 Å². The Balaban J connectivity index is 1.57. The molecule has 1 aliphatic carbocycles. The number of hydrogen-bond donors (Lipinski definition) is 1. The predicted molar refractivity (Wildman–Crippen MR) is 108 cm³/mol. The van der Waals surface area contributed by atoms with Gasteiger partial charge in [0.2, 0.25) is 11.8 Å². The zero-order valence-electron chi connectivity index (χ0n) is 17.1. The third-order valence-electron chi connectivity index (χ3n) is 6.14. The molecule has 0 spiro atoms. The number of aryl methyl sites for hydroxylation is 1. The summed E-state index contributed by atoms with van der Waals surface area (Å²) in [5.41, 5.74) is -0.602. The third-order valence-corrected chi connectivity index (χ3v) is 6.38. The van der Waals surface area contributed by atoms with Crippen LogP contribution >= 0.6 is 11.6 Å². The molecule has 2 heterocycles. The zero-order valence-corrected chi connectivity index (χ0v) is 17.9. The molecular weight excluding hydrogens is 411 g/mol. The van der Waals surface area contributed by atoms with Gasteiger partial charge in [-0.25, -0.2) is 4.39 Å². The van der Waals surface area contributed by atoms with Crippen LogP contribution in [0.3, 0.4) is 0 Å². The molecule has 1 N–H and O–H groups in total. The van der Waals surface area contributed by atoms with Gasteiger partial charge in [0.1, 0.15) is 5.82 Å². The Bertz CT molecular complexity index is 994. The molecule has 1 aromatic carbocycles. The molecule has 2 aliphatic rings. The van der Waals surface area contributed by atoms with Gasteiger partial charge >= 0.3 is 0 Å². The minimum Gasteiger partial charge on any atom is -0.349 e. The highest BCUT2D eigenvalue weighted by molar-refractivity contribution is 6.31. The summed E-state index contributed by atoms with van der Waals surface area (Å²) in [7, 11) is 0. The molecule has 4 rings (SSSR count). The van der Waals surface area contributed by atoms with Gasteiger partial charge in [-0.1, -0.05) is 30.6 Å². The minimum atomic E-state index is -0.619. The SMILES string of the molecule is Cc1noc([C@]23C[C@H](NC(=O)c4cc(Cl)ccc4F)C[C@H]2CN(C(=O)C(C)C)C3)n1. The van der Waals surface area contributed by atoms with Crippen molar-refractivity contribution in [2.24, 2.45) is 11.8 Å². The maximum atomic E-state index is 14.1. The lowest BCUT2D eigenvalue weighted by molar-refractivity contribution is -0.133. The maximum Gasteiger partial charge on any atom is 0.254 e. The topological polar surface area (TPSA) is 88.3 Å². The van der Waals surface area contributed by atoms with E-state index in [1.54, 1.807) is 6.92 Å². The van der Waals surface area contributed by atoms with Gasteiger partial charge in [-0.05, 0) is 43.9 Å². The van der Waals surface area contributed by atoms with E-state index in [0.717, 1.165) is 0 Å². The number of rotatable bonds is 4. The van der Waals surface area contributed by atoms with Crippen molar-refractivity contribution in [1.29, 1.82) is 0 Å². The van der Waals surface area contributed by atoms with Crippen LogP contribution in [0.4, 0.5) is 4.39 Å². The normalized spacial score (nSPS) is 25.6. The molecule has 2 fully saturated rings. The van der Waals surface area contributed by atoms with Crippen molar-refractivity contribution in [3.8, 4) is 0 Å². The van der Waals surface area contributed by atoms with Crippen molar-refractivity contribution in [2.75, 3.05) is 13.1 Å². The lowest BCUT2D eigenvalue weighted by Gasteiger charge is -2.26. The number of carbonyl (C=O) groups is 2. The van der Waals surface area contributed by atoms with E-state index in [2.05, 4.69) is 15.5 Å². The summed E-state index contributed by atoms with van der Waals surface area (Å²) in [5, 5.41) is 7.16. The van der Waals surface area contributed by atoms with Gasteiger partial charge < -0.3 is 14.7 Å². The first-order chi connectivity index (χ1) is 14.2. The van der Waals surface area contributed by atoms with Crippen LogP contribution < -0.4 is 5.32 Å². The molecular formula is C21H24ClFN4O3. The number of nitrogens with one attached hydrogen (secondary N) is 1. The molecule has 0 unspecified atom stereocenters. The lowest BCUT2D eigenvalue weighted by Crippen LogP contribution is -2.40. The highest BCUT2D eigenvalue weighted by Crippen LogP contribution is 2.50. The quantitative estimate of drug-likeness (QED) is 0.798. The maximum absolute atomic E-state index is 14.1. The first-order valence-corrected chi connectivity index (χ1v) is 10.4. The molecule has 30 heavy (non-hydrogen) atoms. The standard InChI is InChI=1S/C21H24ClFN4O3/c1-11(2)19(29)27-9-13-6-15(8-21(13,10-27)20-24-12(3)26-30-20)25-18(28)16-7-14(22)4-5-17(16)23/h4-5,7,11,13,15H,6,8-10H2,1-3H3,(H,25,28)/t13-,15+,21-/m0/s1. The number of halogens is 2. The molecule has 3 atom stereocenters. The van der Waals surface area contributed by atoms with Crippen LogP contribution in [0.15, 0.2) is 22.7 Å². The monoisotopic (exact) mass is 434 g/mol. The van der Waals surface area contributed by atoms with Crippen molar-refractivity contribution < 1.29 is 18.5 Å². The minimum absolute atomic E-state index is 0.0644. The fourth-order valence-corrected chi connectivity index (χ4v) is 4.95. The summed E-state index contributed by atoms with van der Waals surface area (Å²) < 4.78 is 19.6. The van der Waals surface area contributed by atoms with E-state index in [-0.39, 0.29) is 29.3 Å². The Hall–Kier alpha value is -2.48. The number of fused-ring (bicyclic) bond motifs is 1. The average molecular weight is 435 g/mol. The van der Waals surface area contributed by atoms with E-state index in [4.69, 9.17) is 16.1 Å². The lowest BCUT2D eigenvalue weighted by atomic mass is 9.80. The summed E-state index contributed by atoms with van der Waals surface area (Å²) in [4.78, 5) is 31.6. The van der Waals surface area contributed by atoms with Crippen LogP contribution in [0.25, 0.3) is 0 Å². The van der Waals surface area contributed by atoms with Gasteiger partial charge in [-0.3, -0.25) is 9.59 Å². The second-order valence-electron chi connectivity index (χ2n) is 8.61. The van der Waals surface area contributed by atoms with Gasteiger partial charge in [0.05, 0.1) is 11.0 Å². The highest BCUT2D eigenvalue weighted by Gasteiger charge is 2.58. The Kier molecular flexibility index (Phi) is 5.30. The van der Waals surface area contributed by atoms with Gasteiger partial charge in [0.25, 0.3) is 5.91 Å². The van der Waals surface area contributed by atoms with E-state index in [1.807, 2.05) is 18.7 Å². The second kappa shape index (κ2) is 7.65. The first kappa shape index (κ1) is 20.8. The third kappa shape index (κ3) is 3.57. The highest BCUT2D eigenvalue weighted by atomic mass is 35.5. The van der Waals surface area contributed by atoms with Crippen LogP contribution in [0.2, 0.25) is 5.02 Å². The van der Waals surface area contributed by atoms with Crippen LogP contribution in [0.5, 0.6) is 0 Å². The summed E-state index contributed by atoms with van der Waals surface area (Å²) in [6.07, 6.45) is 1.17. The van der Waals surface area contributed by atoms with E-state index >= 15 is 0 Å². The largest absolute Gasteiger partial charge is 0.349 e. The van der Waals surface area contributed by atoms with Crippen LogP contribution in [0, 0.1) is 24.6 Å². The van der Waals surface area contributed by atoms with Crippen LogP contribution in [0.1, 0.15) is 48.8 Å². The average Bonchev–Trinajstić information content (AvgIpc) is 3.35. The Morgan fingerprint density at radius 3 is 2.83 bits per heavy atom. The molecule has 1 aromatic heterocycles. The van der Waals surface area contributed by atoms with E-state index in [1.165, 1.54) is 18.2 Å². The Labute approximate surface area is 179 Å². The number of aromatic nitrogens is 2. The molecule has 1 aliphatic heterocycles. The van der Waals surface area contributed by atoms with Gasteiger partial charge in [0.15, 0.2) is 5.82 Å². The van der Waals surface area contributed by atoms with Crippen LogP contribution in [-0.2, 0) is 10.2 Å². The number of carbonyl (C=O) groups excluding carboxylic acids is 2.